The van der Waals surface area contributed by atoms with Crippen molar-refractivity contribution in [3.8, 4) is 0 Å². The number of aliphatic carboxylic acids is 1. The van der Waals surface area contributed by atoms with E-state index in [4.69, 9.17) is 14.6 Å². The molecule has 2 aliphatic rings. The number of likely N-dealkylation sites (tertiary alicyclic amines) is 1. The van der Waals surface area contributed by atoms with Gasteiger partial charge in [0.2, 0.25) is 0 Å². The molecule has 2 saturated heterocycles. The second-order valence-electron chi connectivity index (χ2n) is 7.46. The highest BCUT2D eigenvalue weighted by Crippen LogP contribution is 2.42. The fourth-order valence-corrected chi connectivity index (χ4v) is 3.86. The zero-order chi connectivity index (χ0) is 20.9. The molecule has 1 aromatic heterocycles. The quantitative estimate of drug-likeness (QED) is 0.807. The number of hydrogen-bond donors (Lipinski definition) is 2. The van der Waals surface area contributed by atoms with Crippen molar-refractivity contribution in [3.63, 3.8) is 0 Å². The SMILES string of the molecule is O=C(O)C(F)(F)F.c1ccc(C2COC3(CCN(Cc4cnc[nH]4)CC3)C2)cc1. The molecule has 158 valence electrons. The van der Waals surface area contributed by atoms with E-state index in [1.54, 1.807) is 6.33 Å². The van der Waals surface area contributed by atoms with Crippen LogP contribution in [0.3, 0.4) is 0 Å². The van der Waals surface area contributed by atoms with Crippen LogP contribution in [0.25, 0.3) is 0 Å². The molecule has 2 aliphatic heterocycles. The molecule has 4 rings (SSSR count). The summed E-state index contributed by atoms with van der Waals surface area (Å²) in [7, 11) is 0. The van der Waals surface area contributed by atoms with Gasteiger partial charge < -0.3 is 14.8 Å². The first-order chi connectivity index (χ1) is 13.8. The maximum absolute atomic E-state index is 10.6. The van der Waals surface area contributed by atoms with Crippen molar-refractivity contribution in [2.45, 2.75) is 43.5 Å². The summed E-state index contributed by atoms with van der Waals surface area (Å²) in [5.41, 5.74) is 2.75. The van der Waals surface area contributed by atoms with Gasteiger partial charge in [0, 0.05) is 37.4 Å². The van der Waals surface area contributed by atoms with Gasteiger partial charge in [-0.2, -0.15) is 13.2 Å². The predicted molar refractivity (Wildman–Crippen MR) is 99.3 cm³/mol. The van der Waals surface area contributed by atoms with E-state index in [0.717, 1.165) is 39.1 Å². The minimum Gasteiger partial charge on any atom is -0.475 e. The summed E-state index contributed by atoms with van der Waals surface area (Å²) in [6, 6.07) is 10.8. The zero-order valence-electron chi connectivity index (χ0n) is 15.9. The molecule has 1 aromatic carbocycles. The summed E-state index contributed by atoms with van der Waals surface area (Å²) < 4.78 is 38.0. The molecule has 2 N–H and O–H groups in total. The van der Waals surface area contributed by atoms with Crippen molar-refractivity contribution >= 4 is 5.97 Å². The number of imidazole rings is 1. The van der Waals surface area contributed by atoms with Crippen LogP contribution in [-0.4, -0.2) is 57.4 Å². The number of H-pyrrole nitrogens is 1. The Morgan fingerprint density at radius 1 is 1.28 bits per heavy atom. The summed E-state index contributed by atoms with van der Waals surface area (Å²) in [4.78, 5) is 18.7. The molecule has 29 heavy (non-hydrogen) atoms. The Bertz CT molecular complexity index is 773. The van der Waals surface area contributed by atoms with Crippen molar-refractivity contribution in [2.24, 2.45) is 0 Å². The summed E-state index contributed by atoms with van der Waals surface area (Å²) >= 11 is 0. The number of alkyl halides is 3. The number of piperidine rings is 1. The highest BCUT2D eigenvalue weighted by molar-refractivity contribution is 5.73. The topological polar surface area (TPSA) is 78.5 Å². The number of aromatic amines is 1. The molecule has 0 saturated carbocycles. The number of nitrogens with one attached hydrogen (secondary N) is 1. The Morgan fingerprint density at radius 3 is 2.48 bits per heavy atom. The lowest BCUT2D eigenvalue weighted by Gasteiger charge is -2.38. The third-order valence-electron chi connectivity index (χ3n) is 5.44. The van der Waals surface area contributed by atoms with Crippen LogP contribution >= 0.6 is 0 Å². The minimum atomic E-state index is -5.08. The number of carbonyl (C=O) groups is 1. The first-order valence-electron chi connectivity index (χ1n) is 9.46. The van der Waals surface area contributed by atoms with Crippen LogP contribution in [0.4, 0.5) is 13.2 Å². The highest BCUT2D eigenvalue weighted by Gasteiger charge is 2.43. The van der Waals surface area contributed by atoms with Gasteiger partial charge in [-0.15, -0.1) is 0 Å². The van der Waals surface area contributed by atoms with E-state index in [1.807, 2.05) is 6.20 Å². The first kappa shape index (κ1) is 21.3. The number of carboxylic acids is 1. The maximum atomic E-state index is 10.6. The Labute approximate surface area is 166 Å². The molecule has 0 radical (unpaired) electrons. The van der Waals surface area contributed by atoms with E-state index < -0.39 is 12.1 Å². The molecule has 6 nitrogen and oxygen atoms in total. The number of halogens is 3. The third-order valence-corrected chi connectivity index (χ3v) is 5.44. The number of ether oxygens (including phenoxy) is 1. The van der Waals surface area contributed by atoms with Gasteiger partial charge >= 0.3 is 12.1 Å². The van der Waals surface area contributed by atoms with Gasteiger partial charge in [0.05, 0.1) is 18.5 Å². The lowest BCUT2D eigenvalue weighted by molar-refractivity contribution is -0.192. The number of carboxylic acid groups (broad SMARTS) is 1. The van der Waals surface area contributed by atoms with E-state index in [0.29, 0.717) is 5.92 Å². The number of nitrogens with zero attached hydrogens (tertiary/aromatic N) is 2. The summed E-state index contributed by atoms with van der Waals surface area (Å²) in [6.45, 7) is 4.07. The van der Waals surface area contributed by atoms with Crippen LogP contribution < -0.4 is 0 Å². The zero-order valence-corrected chi connectivity index (χ0v) is 15.9. The smallest absolute Gasteiger partial charge is 0.475 e. The Morgan fingerprint density at radius 2 is 1.93 bits per heavy atom. The summed E-state index contributed by atoms with van der Waals surface area (Å²) in [5.74, 6) is -2.19. The molecule has 9 heteroatoms. The van der Waals surface area contributed by atoms with Gasteiger partial charge in [-0.3, -0.25) is 4.90 Å². The number of benzene rings is 1. The second kappa shape index (κ2) is 8.96. The van der Waals surface area contributed by atoms with E-state index in [9.17, 15) is 13.2 Å². The molecule has 1 atom stereocenters. The van der Waals surface area contributed by atoms with Gasteiger partial charge in [-0.25, -0.2) is 9.78 Å². The standard InChI is InChI=1S/C18H23N3O.C2HF3O2/c1-2-4-15(5-3-1)16-10-18(22-13-16)6-8-21(9-7-18)12-17-11-19-14-20-17;3-2(4,5)1(6)7/h1-5,11,14,16H,6-10,12-13H2,(H,19,20);(H,6,7). The van der Waals surface area contributed by atoms with Crippen LogP contribution in [0.2, 0.25) is 0 Å². The van der Waals surface area contributed by atoms with E-state index >= 15 is 0 Å². The third kappa shape index (κ3) is 5.80. The molecule has 3 heterocycles. The highest BCUT2D eigenvalue weighted by atomic mass is 19.4. The average molecular weight is 411 g/mol. The molecule has 2 fully saturated rings. The van der Waals surface area contributed by atoms with Gasteiger partial charge in [0.15, 0.2) is 0 Å². The largest absolute Gasteiger partial charge is 0.490 e. The number of aromatic nitrogens is 2. The van der Waals surface area contributed by atoms with Crippen LogP contribution in [0.15, 0.2) is 42.9 Å². The molecule has 0 aliphatic carbocycles. The van der Waals surface area contributed by atoms with Gasteiger partial charge in [-0.05, 0) is 24.8 Å². The van der Waals surface area contributed by atoms with Gasteiger partial charge in [0.1, 0.15) is 0 Å². The fourth-order valence-electron chi connectivity index (χ4n) is 3.86. The van der Waals surface area contributed by atoms with Crippen molar-refractivity contribution in [2.75, 3.05) is 19.7 Å². The normalized spacial score (nSPS) is 21.6. The predicted octanol–water partition coefficient (Wildman–Crippen LogP) is 3.58. The lowest BCUT2D eigenvalue weighted by atomic mass is 9.83. The van der Waals surface area contributed by atoms with Gasteiger partial charge in [-0.1, -0.05) is 30.3 Å². The fraction of sp³-hybridized carbons (Fsp3) is 0.500. The van der Waals surface area contributed by atoms with Crippen molar-refractivity contribution < 1.29 is 27.8 Å². The molecule has 0 amide bonds. The Kier molecular flexibility index (Phi) is 6.59. The van der Waals surface area contributed by atoms with E-state index in [2.05, 4.69) is 45.2 Å². The molecule has 0 bridgehead atoms. The van der Waals surface area contributed by atoms with Crippen LogP contribution in [0.5, 0.6) is 0 Å². The molecular formula is C20H24F3N3O3. The van der Waals surface area contributed by atoms with Crippen LogP contribution in [0.1, 0.15) is 36.4 Å². The summed E-state index contributed by atoms with van der Waals surface area (Å²) in [6.07, 6.45) is 2.05. The van der Waals surface area contributed by atoms with E-state index in [1.165, 1.54) is 17.7 Å². The Hall–Kier alpha value is -2.39. The van der Waals surface area contributed by atoms with Crippen LogP contribution in [0, 0.1) is 0 Å². The van der Waals surface area contributed by atoms with Crippen molar-refractivity contribution in [3.05, 3.63) is 54.1 Å². The summed E-state index contributed by atoms with van der Waals surface area (Å²) in [5, 5.41) is 7.12. The monoisotopic (exact) mass is 411 g/mol. The average Bonchev–Trinajstić information content (AvgIpc) is 3.35. The maximum Gasteiger partial charge on any atom is 0.490 e. The molecule has 2 aromatic rings. The second-order valence-corrected chi connectivity index (χ2v) is 7.46. The number of hydrogen-bond acceptors (Lipinski definition) is 4. The molecular weight excluding hydrogens is 387 g/mol. The van der Waals surface area contributed by atoms with Crippen molar-refractivity contribution in [1.82, 2.24) is 14.9 Å². The van der Waals surface area contributed by atoms with Crippen molar-refractivity contribution in [1.29, 1.82) is 0 Å². The van der Waals surface area contributed by atoms with Gasteiger partial charge in [0.25, 0.3) is 0 Å². The molecule has 1 spiro atoms. The molecule has 1 unspecified atom stereocenters. The lowest BCUT2D eigenvalue weighted by Crippen LogP contribution is -2.43. The Balaban J connectivity index is 0.000000298. The first-order valence-corrected chi connectivity index (χ1v) is 9.46. The van der Waals surface area contributed by atoms with E-state index in [-0.39, 0.29) is 5.60 Å². The van der Waals surface area contributed by atoms with Crippen LogP contribution in [-0.2, 0) is 16.1 Å². The minimum absolute atomic E-state index is 0.116. The number of rotatable bonds is 3.